The van der Waals surface area contributed by atoms with Crippen molar-refractivity contribution in [2.24, 2.45) is 7.05 Å². The Kier molecular flexibility index (Phi) is 4.88. The van der Waals surface area contributed by atoms with E-state index in [1.54, 1.807) is 24.0 Å². The molecule has 0 amide bonds. The fraction of sp³-hybridized carbons (Fsp3) is 0.158. The molecule has 0 unspecified atom stereocenters. The van der Waals surface area contributed by atoms with Gasteiger partial charge in [0.05, 0.1) is 10.8 Å². The van der Waals surface area contributed by atoms with E-state index in [-0.39, 0.29) is 12.2 Å². The molecule has 1 heterocycles. The van der Waals surface area contributed by atoms with E-state index in [9.17, 15) is 19.3 Å². The van der Waals surface area contributed by atoms with Crippen LogP contribution in [0.15, 0.2) is 60.9 Å². The number of nitrogens with zero attached hydrogens (tertiary/aromatic N) is 3. The first-order chi connectivity index (χ1) is 12.5. The maximum atomic E-state index is 13.9. The van der Waals surface area contributed by atoms with Crippen LogP contribution in [0, 0.1) is 15.9 Å². The highest BCUT2D eigenvalue weighted by molar-refractivity contribution is 5.98. The van der Waals surface area contributed by atoms with Gasteiger partial charge in [-0.2, -0.15) is 4.39 Å². The predicted molar refractivity (Wildman–Crippen MR) is 93.5 cm³/mol. The Labute approximate surface area is 149 Å². The van der Waals surface area contributed by atoms with Crippen LogP contribution in [0.2, 0.25) is 0 Å². The van der Waals surface area contributed by atoms with E-state index in [1.807, 2.05) is 30.3 Å². The molecule has 1 atom stereocenters. The first kappa shape index (κ1) is 17.5. The van der Waals surface area contributed by atoms with Crippen molar-refractivity contribution in [3.05, 3.63) is 93.8 Å². The number of benzene rings is 2. The second kappa shape index (κ2) is 7.26. The normalized spacial score (nSPS) is 11.9. The molecule has 1 aromatic heterocycles. The van der Waals surface area contributed by atoms with Gasteiger partial charge in [0.15, 0.2) is 5.82 Å². The lowest BCUT2D eigenvalue weighted by Gasteiger charge is -2.16. The molecule has 0 saturated heterocycles. The average Bonchev–Trinajstić information content (AvgIpc) is 3.05. The number of nitro groups is 1. The van der Waals surface area contributed by atoms with Gasteiger partial charge in [-0.1, -0.05) is 36.4 Å². The fourth-order valence-corrected chi connectivity index (χ4v) is 2.87. The molecule has 0 fully saturated rings. The molecule has 0 aliphatic rings. The number of carbonyl (C=O) groups excluding carboxylic acids is 1. The summed E-state index contributed by atoms with van der Waals surface area (Å²) in [6.07, 6.45) is 3.44. The molecule has 0 aliphatic heterocycles. The molecule has 2 aromatic carbocycles. The number of aryl methyl sites for hydroxylation is 1. The molecular weight excluding hydrogens is 337 g/mol. The molecule has 0 spiro atoms. The molecule has 3 aromatic rings. The molecule has 0 radical (unpaired) electrons. The van der Waals surface area contributed by atoms with Crippen LogP contribution in [0.1, 0.15) is 27.7 Å². The number of aromatic nitrogens is 2. The van der Waals surface area contributed by atoms with Crippen molar-refractivity contribution < 1.29 is 14.1 Å². The monoisotopic (exact) mass is 353 g/mol. The van der Waals surface area contributed by atoms with Crippen molar-refractivity contribution in [1.29, 1.82) is 0 Å². The fourth-order valence-electron chi connectivity index (χ4n) is 2.87. The maximum absolute atomic E-state index is 13.9. The van der Waals surface area contributed by atoms with Crippen LogP contribution in [-0.2, 0) is 13.5 Å². The molecule has 26 heavy (non-hydrogen) atoms. The van der Waals surface area contributed by atoms with Crippen LogP contribution in [0.3, 0.4) is 0 Å². The van der Waals surface area contributed by atoms with Gasteiger partial charge in [0, 0.05) is 25.5 Å². The molecular formula is C19H16FN3O3. The Bertz CT molecular complexity index is 954. The topological polar surface area (TPSA) is 78.0 Å². The van der Waals surface area contributed by atoms with Gasteiger partial charge in [0.2, 0.25) is 11.6 Å². The Morgan fingerprint density at radius 3 is 2.58 bits per heavy atom. The van der Waals surface area contributed by atoms with Crippen LogP contribution in [0.25, 0.3) is 0 Å². The summed E-state index contributed by atoms with van der Waals surface area (Å²) in [7, 11) is 1.73. The number of carbonyl (C=O) groups is 1. The van der Waals surface area contributed by atoms with Crippen molar-refractivity contribution in [2.75, 3.05) is 0 Å². The summed E-state index contributed by atoms with van der Waals surface area (Å²) in [4.78, 5) is 27.1. The molecule has 7 heteroatoms. The maximum Gasteiger partial charge on any atom is 0.304 e. The lowest BCUT2D eigenvalue weighted by Crippen LogP contribution is -2.19. The summed E-state index contributed by atoms with van der Waals surface area (Å²) in [6.45, 7) is 0. The molecule has 3 rings (SSSR count). The number of hydrogen-bond donors (Lipinski definition) is 0. The highest BCUT2D eigenvalue weighted by Gasteiger charge is 2.26. The minimum Gasteiger partial charge on any atom is -0.332 e. The van der Waals surface area contributed by atoms with E-state index >= 15 is 0 Å². The highest BCUT2D eigenvalue weighted by atomic mass is 19.1. The van der Waals surface area contributed by atoms with E-state index < -0.39 is 22.3 Å². The Morgan fingerprint density at radius 1 is 1.27 bits per heavy atom. The van der Waals surface area contributed by atoms with Crippen molar-refractivity contribution in [3.8, 4) is 0 Å². The number of nitro benzene ring substituents is 1. The molecule has 132 valence electrons. The minimum absolute atomic E-state index is 0.192. The molecule has 0 saturated carbocycles. The third-order valence-corrected chi connectivity index (χ3v) is 4.21. The molecule has 0 bridgehead atoms. The first-order valence-corrected chi connectivity index (χ1v) is 7.96. The van der Waals surface area contributed by atoms with Crippen LogP contribution in [0.5, 0.6) is 0 Å². The van der Waals surface area contributed by atoms with Gasteiger partial charge in [-0.25, -0.2) is 4.98 Å². The second-order valence-corrected chi connectivity index (χ2v) is 5.94. The highest BCUT2D eigenvalue weighted by Crippen LogP contribution is 2.27. The van der Waals surface area contributed by atoms with Crippen molar-refractivity contribution >= 4 is 11.5 Å². The van der Waals surface area contributed by atoms with Gasteiger partial charge in [-0.3, -0.25) is 14.9 Å². The summed E-state index contributed by atoms with van der Waals surface area (Å²) in [6, 6.07) is 12.9. The average molecular weight is 353 g/mol. The van der Waals surface area contributed by atoms with Crippen molar-refractivity contribution in [2.45, 2.75) is 12.3 Å². The zero-order chi connectivity index (χ0) is 18.7. The second-order valence-electron chi connectivity index (χ2n) is 5.94. The van der Waals surface area contributed by atoms with E-state index in [2.05, 4.69) is 4.98 Å². The molecule has 0 N–H and O–H groups in total. The van der Waals surface area contributed by atoms with Gasteiger partial charge in [0.25, 0.3) is 0 Å². The summed E-state index contributed by atoms with van der Waals surface area (Å²) in [5.41, 5.74) is 0.698. The number of Topliss-reactive ketones (excluding diaryl/α,β-unsaturated/α-hetero) is 1. The third kappa shape index (κ3) is 3.51. The van der Waals surface area contributed by atoms with Crippen LogP contribution < -0.4 is 0 Å². The van der Waals surface area contributed by atoms with E-state index in [4.69, 9.17) is 0 Å². The lowest BCUT2D eigenvalue weighted by atomic mass is 9.88. The molecule has 0 aliphatic carbocycles. The number of rotatable bonds is 6. The van der Waals surface area contributed by atoms with Gasteiger partial charge in [0.1, 0.15) is 0 Å². The number of halogens is 1. The standard InChI is InChI=1S/C19H16FN3O3/c1-22-10-9-21-19(22)18(24)15(14-5-3-2-4-6-14)11-13-7-8-17(23(25)26)16(20)12-13/h2-10,12,15H,11H2,1H3/t15-/m1/s1. The first-order valence-electron chi connectivity index (χ1n) is 7.96. The minimum atomic E-state index is -0.913. The van der Waals surface area contributed by atoms with Crippen molar-refractivity contribution in [3.63, 3.8) is 0 Å². The van der Waals surface area contributed by atoms with E-state index in [1.165, 1.54) is 6.07 Å². The smallest absolute Gasteiger partial charge is 0.304 e. The van der Waals surface area contributed by atoms with E-state index in [0.717, 1.165) is 17.7 Å². The largest absolute Gasteiger partial charge is 0.332 e. The zero-order valence-corrected chi connectivity index (χ0v) is 14.0. The van der Waals surface area contributed by atoms with Crippen LogP contribution >= 0.6 is 0 Å². The summed E-state index contributed by atoms with van der Waals surface area (Å²) >= 11 is 0. The summed E-state index contributed by atoms with van der Waals surface area (Å²) < 4.78 is 15.6. The third-order valence-electron chi connectivity index (χ3n) is 4.21. The Balaban J connectivity index is 1.97. The van der Waals surface area contributed by atoms with Crippen LogP contribution in [0.4, 0.5) is 10.1 Å². The zero-order valence-electron chi connectivity index (χ0n) is 14.0. The summed E-state index contributed by atoms with van der Waals surface area (Å²) in [5.74, 6) is -1.37. The van der Waals surface area contributed by atoms with E-state index in [0.29, 0.717) is 11.4 Å². The van der Waals surface area contributed by atoms with Crippen molar-refractivity contribution in [1.82, 2.24) is 9.55 Å². The number of ketones is 1. The number of hydrogen-bond acceptors (Lipinski definition) is 4. The summed E-state index contributed by atoms with van der Waals surface area (Å²) in [5, 5.41) is 10.8. The van der Waals surface area contributed by atoms with Gasteiger partial charge in [-0.05, 0) is 23.6 Å². The Hall–Kier alpha value is -3.35. The number of imidazole rings is 1. The van der Waals surface area contributed by atoms with Gasteiger partial charge >= 0.3 is 5.69 Å². The van der Waals surface area contributed by atoms with Crippen LogP contribution in [-0.4, -0.2) is 20.3 Å². The predicted octanol–water partition coefficient (Wildman–Crippen LogP) is 3.68. The lowest BCUT2D eigenvalue weighted by molar-refractivity contribution is -0.387. The SMILES string of the molecule is Cn1ccnc1C(=O)[C@H](Cc1ccc([N+](=O)[O-])c(F)c1)c1ccccc1. The quantitative estimate of drug-likeness (QED) is 0.385. The molecule has 6 nitrogen and oxygen atoms in total. The Morgan fingerprint density at radius 2 is 2.00 bits per heavy atom. The van der Waals surface area contributed by atoms with Gasteiger partial charge in [-0.15, -0.1) is 0 Å². The van der Waals surface area contributed by atoms with Gasteiger partial charge < -0.3 is 4.57 Å².